The van der Waals surface area contributed by atoms with Crippen LogP contribution in [0.3, 0.4) is 0 Å². The number of hydrogen-bond acceptors (Lipinski definition) is 3. The van der Waals surface area contributed by atoms with Gasteiger partial charge in [-0.1, -0.05) is 37.6 Å². The van der Waals surface area contributed by atoms with Crippen molar-refractivity contribution in [3.8, 4) is 11.6 Å². The molecule has 0 saturated heterocycles. The van der Waals surface area contributed by atoms with Gasteiger partial charge in [-0.2, -0.15) is 0 Å². The fourth-order valence-corrected chi connectivity index (χ4v) is 1.95. The highest BCUT2D eigenvalue weighted by Crippen LogP contribution is 2.24. The third kappa shape index (κ3) is 4.07. The fourth-order valence-electron chi connectivity index (χ4n) is 1.95. The zero-order valence-corrected chi connectivity index (χ0v) is 12.6. The topological polar surface area (TPSA) is 34.1 Å². The van der Waals surface area contributed by atoms with Crippen LogP contribution in [0, 0.1) is 13.8 Å². The average molecular weight is 270 g/mol. The largest absolute Gasteiger partial charge is 0.439 e. The molecule has 1 heterocycles. The van der Waals surface area contributed by atoms with Crippen molar-refractivity contribution >= 4 is 0 Å². The average Bonchev–Trinajstić information content (AvgIpc) is 2.40. The normalized spacial score (nSPS) is 10.8. The molecule has 0 aliphatic carbocycles. The van der Waals surface area contributed by atoms with E-state index >= 15 is 0 Å². The molecule has 1 aromatic carbocycles. The Hall–Kier alpha value is -1.87. The van der Waals surface area contributed by atoms with Crippen molar-refractivity contribution in [1.82, 2.24) is 10.3 Å². The molecule has 20 heavy (non-hydrogen) atoms. The lowest BCUT2D eigenvalue weighted by Gasteiger charge is -2.11. The van der Waals surface area contributed by atoms with Crippen molar-refractivity contribution in [3.63, 3.8) is 0 Å². The van der Waals surface area contributed by atoms with E-state index in [0.29, 0.717) is 11.9 Å². The lowest BCUT2D eigenvalue weighted by atomic mass is 10.1. The Morgan fingerprint density at radius 2 is 1.95 bits per heavy atom. The lowest BCUT2D eigenvalue weighted by Crippen LogP contribution is -2.22. The minimum atomic E-state index is 0.445. The zero-order chi connectivity index (χ0) is 14.5. The van der Waals surface area contributed by atoms with Gasteiger partial charge < -0.3 is 10.1 Å². The van der Waals surface area contributed by atoms with E-state index in [9.17, 15) is 0 Å². The minimum Gasteiger partial charge on any atom is -0.439 e. The summed E-state index contributed by atoms with van der Waals surface area (Å²) >= 11 is 0. The predicted molar refractivity (Wildman–Crippen MR) is 82.2 cm³/mol. The highest BCUT2D eigenvalue weighted by molar-refractivity contribution is 5.38. The first-order valence-electron chi connectivity index (χ1n) is 6.99. The molecule has 2 aromatic rings. The SMILES string of the molecule is Cc1ccc(Oc2cccc(CNC(C)C)n2)c(C)c1. The molecule has 0 aliphatic rings. The Morgan fingerprint density at radius 1 is 1.15 bits per heavy atom. The second-order valence-corrected chi connectivity index (χ2v) is 5.37. The van der Waals surface area contributed by atoms with E-state index in [1.165, 1.54) is 5.56 Å². The van der Waals surface area contributed by atoms with E-state index in [2.05, 4.69) is 37.1 Å². The van der Waals surface area contributed by atoms with E-state index in [1.54, 1.807) is 0 Å². The smallest absolute Gasteiger partial charge is 0.219 e. The van der Waals surface area contributed by atoms with Gasteiger partial charge in [0.25, 0.3) is 0 Å². The molecule has 0 bridgehead atoms. The lowest BCUT2D eigenvalue weighted by molar-refractivity contribution is 0.455. The summed E-state index contributed by atoms with van der Waals surface area (Å²) < 4.78 is 5.87. The fraction of sp³-hybridized carbons (Fsp3) is 0.353. The predicted octanol–water partition coefficient (Wildman–Crippen LogP) is 3.99. The van der Waals surface area contributed by atoms with Crippen LogP contribution < -0.4 is 10.1 Å². The maximum absolute atomic E-state index is 5.87. The molecule has 0 aliphatic heterocycles. The maximum Gasteiger partial charge on any atom is 0.219 e. The van der Waals surface area contributed by atoms with Gasteiger partial charge >= 0.3 is 0 Å². The van der Waals surface area contributed by atoms with Crippen LogP contribution in [0.4, 0.5) is 0 Å². The number of pyridine rings is 1. The molecule has 3 heteroatoms. The van der Waals surface area contributed by atoms with Gasteiger partial charge in [0.2, 0.25) is 5.88 Å². The number of aryl methyl sites for hydroxylation is 2. The van der Waals surface area contributed by atoms with Crippen LogP contribution in [0.1, 0.15) is 30.7 Å². The van der Waals surface area contributed by atoms with Crippen LogP contribution in [-0.2, 0) is 6.54 Å². The van der Waals surface area contributed by atoms with Gasteiger partial charge in [-0.25, -0.2) is 4.98 Å². The molecule has 0 fully saturated rings. The van der Waals surface area contributed by atoms with Crippen molar-refractivity contribution in [3.05, 3.63) is 53.2 Å². The molecule has 1 aromatic heterocycles. The first kappa shape index (κ1) is 14.5. The molecule has 106 valence electrons. The van der Waals surface area contributed by atoms with Crippen molar-refractivity contribution in [2.24, 2.45) is 0 Å². The Balaban J connectivity index is 2.11. The van der Waals surface area contributed by atoms with Gasteiger partial charge in [-0.3, -0.25) is 0 Å². The van der Waals surface area contributed by atoms with Crippen LogP contribution >= 0.6 is 0 Å². The monoisotopic (exact) mass is 270 g/mol. The highest BCUT2D eigenvalue weighted by Gasteiger charge is 2.04. The molecule has 0 saturated carbocycles. The summed E-state index contributed by atoms with van der Waals surface area (Å²) in [5.41, 5.74) is 3.34. The number of benzene rings is 1. The van der Waals surface area contributed by atoms with Gasteiger partial charge in [-0.15, -0.1) is 0 Å². The molecule has 0 spiro atoms. The Kier molecular flexibility index (Phi) is 4.74. The number of hydrogen-bond donors (Lipinski definition) is 1. The first-order chi connectivity index (χ1) is 9.54. The third-order valence-electron chi connectivity index (χ3n) is 3.02. The van der Waals surface area contributed by atoms with E-state index in [1.807, 2.05) is 37.3 Å². The van der Waals surface area contributed by atoms with Crippen LogP contribution in [-0.4, -0.2) is 11.0 Å². The van der Waals surface area contributed by atoms with Gasteiger partial charge in [-0.05, 0) is 31.5 Å². The summed E-state index contributed by atoms with van der Waals surface area (Å²) in [7, 11) is 0. The van der Waals surface area contributed by atoms with E-state index < -0.39 is 0 Å². The molecular formula is C17H22N2O. The number of nitrogens with one attached hydrogen (secondary N) is 1. The maximum atomic E-state index is 5.87. The molecular weight excluding hydrogens is 248 g/mol. The van der Waals surface area contributed by atoms with Crippen LogP contribution in [0.25, 0.3) is 0 Å². The number of ether oxygens (including phenoxy) is 1. The van der Waals surface area contributed by atoms with Crippen molar-refractivity contribution < 1.29 is 4.74 Å². The zero-order valence-electron chi connectivity index (χ0n) is 12.6. The van der Waals surface area contributed by atoms with Crippen molar-refractivity contribution in [2.75, 3.05) is 0 Å². The summed E-state index contributed by atoms with van der Waals surface area (Å²) in [5, 5.41) is 3.35. The Bertz CT molecular complexity index is 579. The van der Waals surface area contributed by atoms with E-state index in [0.717, 1.165) is 23.6 Å². The first-order valence-corrected chi connectivity index (χ1v) is 6.99. The van der Waals surface area contributed by atoms with Crippen molar-refractivity contribution in [2.45, 2.75) is 40.3 Å². The Morgan fingerprint density at radius 3 is 2.65 bits per heavy atom. The van der Waals surface area contributed by atoms with Gasteiger partial charge in [0.15, 0.2) is 0 Å². The minimum absolute atomic E-state index is 0.445. The molecule has 0 atom stereocenters. The quantitative estimate of drug-likeness (QED) is 0.892. The van der Waals surface area contributed by atoms with Gasteiger partial charge in [0.05, 0.1) is 5.69 Å². The third-order valence-corrected chi connectivity index (χ3v) is 3.02. The summed E-state index contributed by atoms with van der Waals surface area (Å²) in [4.78, 5) is 4.52. The van der Waals surface area contributed by atoms with Gasteiger partial charge in [0.1, 0.15) is 5.75 Å². The molecule has 2 rings (SSSR count). The summed E-state index contributed by atoms with van der Waals surface area (Å²) in [6.45, 7) is 9.12. The number of rotatable bonds is 5. The molecule has 1 N–H and O–H groups in total. The summed E-state index contributed by atoms with van der Waals surface area (Å²) in [6, 6.07) is 12.5. The molecule has 0 amide bonds. The second kappa shape index (κ2) is 6.53. The van der Waals surface area contributed by atoms with Crippen LogP contribution in [0.15, 0.2) is 36.4 Å². The second-order valence-electron chi connectivity index (χ2n) is 5.37. The highest BCUT2D eigenvalue weighted by atomic mass is 16.5. The number of aromatic nitrogens is 1. The molecule has 3 nitrogen and oxygen atoms in total. The van der Waals surface area contributed by atoms with Crippen LogP contribution in [0.5, 0.6) is 11.6 Å². The molecule has 0 unspecified atom stereocenters. The van der Waals surface area contributed by atoms with E-state index in [-0.39, 0.29) is 0 Å². The van der Waals surface area contributed by atoms with Crippen molar-refractivity contribution in [1.29, 1.82) is 0 Å². The molecule has 0 radical (unpaired) electrons. The van der Waals surface area contributed by atoms with Gasteiger partial charge in [0, 0.05) is 18.7 Å². The summed E-state index contributed by atoms with van der Waals surface area (Å²) in [5.74, 6) is 1.50. The van der Waals surface area contributed by atoms with E-state index in [4.69, 9.17) is 4.74 Å². The Labute approximate surface area is 121 Å². The van der Waals surface area contributed by atoms with Crippen LogP contribution in [0.2, 0.25) is 0 Å². The summed E-state index contributed by atoms with van der Waals surface area (Å²) in [6.07, 6.45) is 0. The standard InChI is InChI=1S/C17H22N2O/c1-12(2)18-11-15-6-5-7-17(19-15)20-16-9-8-13(3)10-14(16)4/h5-10,12,18H,11H2,1-4H3. The number of nitrogens with zero attached hydrogens (tertiary/aromatic N) is 1.